The number of aromatic hydroxyl groups is 1. The van der Waals surface area contributed by atoms with Crippen LogP contribution in [0.1, 0.15) is 26.3 Å². The maximum Gasteiger partial charge on any atom is 0.343 e. The second-order valence-electron chi connectivity index (χ2n) is 4.56. The number of phenols is 1. The number of aromatic carboxylic acids is 1. The molecule has 2 aromatic rings. The Bertz CT molecular complexity index is 736. The summed E-state index contributed by atoms with van der Waals surface area (Å²) in [5.41, 5.74) is 0.606. The molecule has 0 fully saturated rings. The predicted molar refractivity (Wildman–Crippen MR) is 78.3 cm³/mol. The molecule has 2 aromatic carbocycles. The van der Waals surface area contributed by atoms with Gasteiger partial charge in [-0.05, 0) is 36.8 Å². The molecule has 0 atom stereocenters. The summed E-state index contributed by atoms with van der Waals surface area (Å²) in [6, 6.07) is 7.39. The van der Waals surface area contributed by atoms with Crippen LogP contribution in [-0.2, 0) is 0 Å². The third kappa shape index (κ3) is 2.85. The van der Waals surface area contributed by atoms with Crippen molar-refractivity contribution in [1.29, 1.82) is 0 Å². The molecule has 0 saturated heterocycles. The van der Waals surface area contributed by atoms with E-state index in [1.807, 2.05) is 0 Å². The molecule has 0 aliphatic heterocycles. The highest BCUT2D eigenvalue weighted by molar-refractivity contribution is 5.94. The van der Waals surface area contributed by atoms with Crippen LogP contribution in [0.5, 0.6) is 23.0 Å². The number of rotatable bonds is 5. The number of carbonyl (C=O) groups is 2. The smallest absolute Gasteiger partial charge is 0.343 e. The van der Waals surface area contributed by atoms with E-state index < -0.39 is 5.97 Å². The van der Waals surface area contributed by atoms with Gasteiger partial charge in [-0.2, -0.15) is 0 Å². The zero-order valence-corrected chi connectivity index (χ0v) is 12.0. The van der Waals surface area contributed by atoms with Crippen LogP contribution in [0.4, 0.5) is 0 Å². The highest BCUT2D eigenvalue weighted by atomic mass is 16.5. The molecule has 0 saturated carbocycles. The van der Waals surface area contributed by atoms with Crippen LogP contribution in [0.25, 0.3) is 0 Å². The van der Waals surface area contributed by atoms with Crippen LogP contribution >= 0.6 is 0 Å². The summed E-state index contributed by atoms with van der Waals surface area (Å²) in [7, 11) is 1.34. The average molecular weight is 302 g/mol. The van der Waals surface area contributed by atoms with E-state index in [1.54, 1.807) is 13.0 Å². The van der Waals surface area contributed by atoms with E-state index in [-0.39, 0.29) is 34.1 Å². The van der Waals surface area contributed by atoms with Crippen LogP contribution in [0.15, 0.2) is 30.3 Å². The van der Waals surface area contributed by atoms with Gasteiger partial charge < -0.3 is 19.7 Å². The summed E-state index contributed by atoms with van der Waals surface area (Å²) in [5, 5.41) is 19.3. The van der Waals surface area contributed by atoms with Crippen LogP contribution in [0.3, 0.4) is 0 Å². The first-order valence-electron chi connectivity index (χ1n) is 6.35. The molecule has 6 nitrogen and oxygen atoms in total. The summed E-state index contributed by atoms with van der Waals surface area (Å²) < 4.78 is 10.5. The van der Waals surface area contributed by atoms with Gasteiger partial charge >= 0.3 is 5.97 Å². The molecule has 0 heterocycles. The van der Waals surface area contributed by atoms with Gasteiger partial charge in [0.15, 0.2) is 17.8 Å². The molecular weight excluding hydrogens is 288 g/mol. The van der Waals surface area contributed by atoms with Gasteiger partial charge in [-0.3, -0.25) is 4.79 Å². The van der Waals surface area contributed by atoms with Crippen molar-refractivity contribution in [3.63, 3.8) is 0 Å². The zero-order valence-electron chi connectivity index (χ0n) is 12.0. The lowest BCUT2D eigenvalue weighted by molar-refractivity contribution is 0.0690. The number of carboxylic acid groups (broad SMARTS) is 1. The molecule has 0 unspecified atom stereocenters. The van der Waals surface area contributed by atoms with Crippen molar-refractivity contribution >= 4 is 12.3 Å². The second-order valence-corrected chi connectivity index (χ2v) is 4.56. The number of aldehydes is 1. The minimum absolute atomic E-state index is 0.0332. The summed E-state index contributed by atoms with van der Waals surface area (Å²) in [6.45, 7) is 1.71. The maximum absolute atomic E-state index is 11.4. The molecule has 0 aliphatic carbocycles. The zero-order chi connectivity index (χ0) is 16.3. The Balaban J connectivity index is 2.57. The fraction of sp³-hybridized carbons (Fsp3) is 0.125. The molecule has 0 aromatic heterocycles. The van der Waals surface area contributed by atoms with E-state index in [9.17, 15) is 19.8 Å². The third-order valence-electron chi connectivity index (χ3n) is 3.00. The molecule has 2 N–H and O–H groups in total. The summed E-state index contributed by atoms with van der Waals surface area (Å²) >= 11 is 0. The van der Waals surface area contributed by atoms with Crippen molar-refractivity contribution in [3.05, 3.63) is 47.0 Å². The quantitative estimate of drug-likeness (QED) is 0.825. The van der Waals surface area contributed by atoms with Crippen molar-refractivity contribution in [2.45, 2.75) is 6.92 Å². The summed E-state index contributed by atoms with van der Waals surface area (Å²) in [6.07, 6.45) is 0.530. The molecule has 2 rings (SSSR count). The fourth-order valence-electron chi connectivity index (χ4n) is 2.07. The summed E-state index contributed by atoms with van der Waals surface area (Å²) in [4.78, 5) is 22.5. The number of hydrogen-bond donors (Lipinski definition) is 2. The van der Waals surface area contributed by atoms with E-state index >= 15 is 0 Å². The molecular formula is C16H14O6. The Morgan fingerprint density at radius 2 is 1.91 bits per heavy atom. The van der Waals surface area contributed by atoms with Crippen molar-refractivity contribution in [2.75, 3.05) is 7.11 Å². The Morgan fingerprint density at radius 1 is 1.23 bits per heavy atom. The van der Waals surface area contributed by atoms with Crippen molar-refractivity contribution in [3.8, 4) is 23.0 Å². The normalized spacial score (nSPS) is 10.1. The molecule has 22 heavy (non-hydrogen) atoms. The molecule has 6 heteroatoms. The lowest BCUT2D eigenvalue weighted by Gasteiger charge is -2.14. The molecule has 0 aliphatic rings. The van der Waals surface area contributed by atoms with E-state index in [1.165, 1.54) is 31.4 Å². The lowest BCUT2D eigenvalue weighted by atomic mass is 10.1. The van der Waals surface area contributed by atoms with Crippen LogP contribution in [0.2, 0.25) is 0 Å². The van der Waals surface area contributed by atoms with Crippen molar-refractivity contribution in [2.24, 2.45) is 0 Å². The van der Waals surface area contributed by atoms with Crippen molar-refractivity contribution < 1.29 is 29.3 Å². The monoisotopic (exact) mass is 302 g/mol. The first-order valence-corrected chi connectivity index (χ1v) is 6.35. The molecule has 0 spiro atoms. The van der Waals surface area contributed by atoms with Gasteiger partial charge in [-0.15, -0.1) is 0 Å². The summed E-state index contributed by atoms with van der Waals surface area (Å²) in [5.74, 6) is -1.51. The predicted octanol–water partition coefficient (Wildman–Crippen LogP) is 3.01. The standard InChI is InChI=1S/C16H14O6/c1-9-6-10(8-17)15(11(18)7-9)22-13-5-3-4-12(21-2)14(13)16(19)20/h3-8,18H,1-2H3,(H,19,20). The topological polar surface area (TPSA) is 93.1 Å². The Morgan fingerprint density at radius 3 is 2.50 bits per heavy atom. The Labute approximate surface area is 126 Å². The fourth-order valence-corrected chi connectivity index (χ4v) is 2.07. The average Bonchev–Trinajstić information content (AvgIpc) is 2.48. The van der Waals surface area contributed by atoms with E-state index in [0.29, 0.717) is 11.8 Å². The molecule has 0 radical (unpaired) electrons. The largest absolute Gasteiger partial charge is 0.504 e. The first kappa shape index (κ1) is 15.4. The Hall–Kier alpha value is -3.02. The van der Waals surface area contributed by atoms with E-state index in [4.69, 9.17) is 9.47 Å². The minimum atomic E-state index is -1.24. The number of aryl methyl sites for hydroxylation is 1. The number of phenolic OH excluding ortho intramolecular Hbond substituents is 1. The van der Waals surface area contributed by atoms with E-state index in [0.717, 1.165) is 0 Å². The highest BCUT2D eigenvalue weighted by Crippen LogP contribution is 2.38. The van der Waals surface area contributed by atoms with Gasteiger partial charge in [0, 0.05) is 0 Å². The van der Waals surface area contributed by atoms with Gasteiger partial charge in [-0.25, -0.2) is 4.79 Å². The third-order valence-corrected chi connectivity index (χ3v) is 3.00. The van der Waals surface area contributed by atoms with Crippen LogP contribution < -0.4 is 9.47 Å². The number of benzene rings is 2. The van der Waals surface area contributed by atoms with Gasteiger partial charge in [0.05, 0.1) is 12.7 Å². The number of carboxylic acids is 1. The van der Waals surface area contributed by atoms with Gasteiger partial charge in [0.1, 0.15) is 17.1 Å². The minimum Gasteiger partial charge on any atom is -0.504 e. The van der Waals surface area contributed by atoms with Crippen molar-refractivity contribution in [1.82, 2.24) is 0 Å². The van der Waals surface area contributed by atoms with Gasteiger partial charge in [-0.1, -0.05) is 6.07 Å². The second kappa shape index (κ2) is 6.17. The lowest BCUT2D eigenvalue weighted by Crippen LogP contribution is -2.04. The van der Waals surface area contributed by atoms with E-state index in [2.05, 4.69) is 0 Å². The van der Waals surface area contributed by atoms with Gasteiger partial charge in [0.25, 0.3) is 0 Å². The molecule has 0 bridgehead atoms. The van der Waals surface area contributed by atoms with Crippen LogP contribution in [0, 0.1) is 6.92 Å². The highest BCUT2D eigenvalue weighted by Gasteiger charge is 2.20. The first-order chi connectivity index (χ1) is 10.5. The number of methoxy groups -OCH3 is 1. The number of hydrogen-bond acceptors (Lipinski definition) is 5. The van der Waals surface area contributed by atoms with Crippen LogP contribution in [-0.4, -0.2) is 29.6 Å². The SMILES string of the molecule is COc1cccc(Oc2c(O)cc(C)cc2C=O)c1C(=O)O. The maximum atomic E-state index is 11.4. The number of ether oxygens (including phenoxy) is 2. The van der Waals surface area contributed by atoms with Gasteiger partial charge in [0.2, 0.25) is 0 Å². The number of carbonyl (C=O) groups excluding carboxylic acids is 1. The molecule has 114 valence electrons. The molecule has 0 amide bonds. The Kier molecular flexibility index (Phi) is 4.31.